The molecule has 0 aliphatic rings. The molecule has 0 fully saturated rings. The van der Waals surface area contributed by atoms with Crippen molar-refractivity contribution in [1.29, 1.82) is 0 Å². The lowest BCUT2D eigenvalue weighted by Gasteiger charge is -1.97. The Kier molecular flexibility index (Phi) is 1.82. The van der Waals surface area contributed by atoms with Gasteiger partial charge in [0.2, 0.25) is 0 Å². The summed E-state index contributed by atoms with van der Waals surface area (Å²) in [4.78, 5) is 0. The molecular formula is C7H8FP. The van der Waals surface area contributed by atoms with Gasteiger partial charge in [-0.15, -0.1) is 9.24 Å². The van der Waals surface area contributed by atoms with Crippen molar-refractivity contribution < 1.29 is 4.39 Å². The van der Waals surface area contributed by atoms with Gasteiger partial charge in [0.25, 0.3) is 0 Å². The molecule has 1 atom stereocenters. The minimum Gasteiger partial charge on any atom is -0.207 e. The van der Waals surface area contributed by atoms with E-state index in [2.05, 4.69) is 9.24 Å². The SMILES string of the molecule is Cc1c(F)cccc1P. The maximum absolute atomic E-state index is 12.6. The fourth-order valence-electron chi connectivity index (χ4n) is 0.624. The molecule has 1 unspecified atom stereocenters. The van der Waals surface area contributed by atoms with Crippen LogP contribution in [0.5, 0.6) is 0 Å². The molecule has 9 heavy (non-hydrogen) atoms. The topological polar surface area (TPSA) is 0 Å². The Balaban J connectivity index is 3.25. The molecule has 1 rings (SSSR count). The molecular weight excluding hydrogens is 134 g/mol. The highest BCUT2D eigenvalue weighted by atomic mass is 31.0. The van der Waals surface area contributed by atoms with Crippen molar-refractivity contribution in [2.75, 3.05) is 0 Å². The third-order valence-corrected chi connectivity index (χ3v) is 1.94. The second kappa shape index (κ2) is 2.45. The van der Waals surface area contributed by atoms with Gasteiger partial charge in [0, 0.05) is 0 Å². The van der Waals surface area contributed by atoms with Gasteiger partial charge in [-0.3, -0.25) is 0 Å². The summed E-state index contributed by atoms with van der Waals surface area (Å²) in [5.74, 6) is -0.137. The summed E-state index contributed by atoms with van der Waals surface area (Å²) >= 11 is 0. The van der Waals surface area contributed by atoms with Crippen LogP contribution in [0.15, 0.2) is 18.2 Å². The van der Waals surface area contributed by atoms with Gasteiger partial charge >= 0.3 is 0 Å². The summed E-state index contributed by atoms with van der Waals surface area (Å²) in [5.41, 5.74) is 0.711. The van der Waals surface area contributed by atoms with Gasteiger partial charge in [0.15, 0.2) is 0 Å². The molecule has 0 amide bonds. The zero-order valence-electron chi connectivity index (χ0n) is 5.19. The lowest BCUT2D eigenvalue weighted by Crippen LogP contribution is -1.97. The van der Waals surface area contributed by atoms with Gasteiger partial charge < -0.3 is 0 Å². The minimum absolute atomic E-state index is 0.137. The highest BCUT2D eigenvalue weighted by Gasteiger charge is 1.95. The molecule has 1 aromatic carbocycles. The van der Waals surface area contributed by atoms with E-state index in [0.717, 1.165) is 5.30 Å². The van der Waals surface area contributed by atoms with Crippen LogP contribution in [0.25, 0.3) is 0 Å². The number of halogens is 1. The predicted octanol–water partition coefficient (Wildman–Crippen LogP) is 1.63. The van der Waals surface area contributed by atoms with Crippen LogP contribution in [0.2, 0.25) is 0 Å². The molecule has 0 aliphatic heterocycles. The molecule has 0 nitrogen and oxygen atoms in total. The van der Waals surface area contributed by atoms with Crippen molar-refractivity contribution in [1.82, 2.24) is 0 Å². The van der Waals surface area contributed by atoms with E-state index in [0.29, 0.717) is 5.56 Å². The van der Waals surface area contributed by atoms with Gasteiger partial charge in [-0.2, -0.15) is 0 Å². The first-order chi connectivity index (χ1) is 4.22. The summed E-state index contributed by atoms with van der Waals surface area (Å²) < 4.78 is 12.6. The van der Waals surface area contributed by atoms with E-state index in [1.807, 2.05) is 6.07 Å². The zero-order valence-corrected chi connectivity index (χ0v) is 6.34. The van der Waals surface area contributed by atoms with Crippen molar-refractivity contribution in [2.45, 2.75) is 6.92 Å². The van der Waals surface area contributed by atoms with E-state index in [4.69, 9.17) is 0 Å². The highest BCUT2D eigenvalue weighted by Crippen LogP contribution is 2.03. The number of hydrogen-bond acceptors (Lipinski definition) is 0. The lowest BCUT2D eigenvalue weighted by molar-refractivity contribution is 0.620. The quantitative estimate of drug-likeness (QED) is 0.483. The summed E-state index contributed by atoms with van der Waals surface area (Å²) in [5, 5.41) is 0.926. The Morgan fingerprint density at radius 2 is 2.11 bits per heavy atom. The molecule has 48 valence electrons. The van der Waals surface area contributed by atoms with Crippen molar-refractivity contribution in [2.24, 2.45) is 0 Å². The van der Waals surface area contributed by atoms with Crippen molar-refractivity contribution in [3.8, 4) is 0 Å². The normalized spacial score (nSPS) is 9.67. The zero-order chi connectivity index (χ0) is 6.85. The van der Waals surface area contributed by atoms with Gasteiger partial charge in [-0.25, -0.2) is 4.39 Å². The molecule has 0 aromatic heterocycles. The van der Waals surface area contributed by atoms with Crippen LogP contribution in [0.3, 0.4) is 0 Å². The van der Waals surface area contributed by atoms with Crippen LogP contribution in [0.4, 0.5) is 4.39 Å². The van der Waals surface area contributed by atoms with E-state index in [1.54, 1.807) is 13.0 Å². The van der Waals surface area contributed by atoms with E-state index >= 15 is 0 Å². The third kappa shape index (κ3) is 1.28. The Morgan fingerprint density at radius 1 is 1.44 bits per heavy atom. The summed E-state index contributed by atoms with van der Waals surface area (Å²) in [6.45, 7) is 1.76. The fraction of sp³-hybridized carbons (Fsp3) is 0.143. The number of rotatable bonds is 0. The first-order valence-electron chi connectivity index (χ1n) is 2.72. The molecule has 0 bridgehead atoms. The molecule has 0 heterocycles. The Hall–Kier alpha value is -0.420. The molecule has 0 radical (unpaired) electrons. The summed E-state index contributed by atoms with van der Waals surface area (Å²) in [7, 11) is 2.48. The lowest BCUT2D eigenvalue weighted by atomic mass is 10.2. The van der Waals surface area contributed by atoms with Crippen LogP contribution >= 0.6 is 9.24 Å². The second-order valence-corrected chi connectivity index (χ2v) is 2.58. The molecule has 2 heteroatoms. The Labute approximate surface area is 56.3 Å². The van der Waals surface area contributed by atoms with Crippen LogP contribution in [0.1, 0.15) is 5.56 Å². The average Bonchev–Trinajstić information content (AvgIpc) is 1.83. The largest absolute Gasteiger partial charge is 0.207 e. The summed E-state index contributed by atoms with van der Waals surface area (Å²) in [6.07, 6.45) is 0. The maximum Gasteiger partial charge on any atom is 0.126 e. The van der Waals surface area contributed by atoms with Crippen molar-refractivity contribution >= 4 is 14.5 Å². The van der Waals surface area contributed by atoms with Gasteiger partial charge in [0.1, 0.15) is 5.82 Å². The van der Waals surface area contributed by atoms with Gasteiger partial charge in [-0.05, 0) is 23.9 Å². The second-order valence-electron chi connectivity index (χ2n) is 1.95. The van der Waals surface area contributed by atoms with E-state index in [-0.39, 0.29) is 5.82 Å². The van der Waals surface area contributed by atoms with Gasteiger partial charge in [-0.1, -0.05) is 12.1 Å². The molecule has 0 N–H and O–H groups in total. The maximum atomic E-state index is 12.6. The Bertz CT molecular complexity index is 200. The third-order valence-electron chi connectivity index (χ3n) is 1.31. The monoisotopic (exact) mass is 142 g/mol. The average molecular weight is 142 g/mol. The number of benzene rings is 1. The minimum atomic E-state index is -0.137. The van der Waals surface area contributed by atoms with Crippen molar-refractivity contribution in [3.63, 3.8) is 0 Å². The summed E-state index contributed by atoms with van der Waals surface area (Å²) in [6, 6.07) is 5.02. The van der Waals surface area contributed by atoms with Crippen LogP contribution in [-0.2, 0) is 0 Å². The molecule has 1 aromatic rings. The highest BCUT2D eigenvalue weighted by molar-refractivity contribution is 7.27. The van der Waals surface area contributed by atoms with Crippen LogP contribution < -0.4 is 5.30 Å². The molecule has 0 aliphatic carbocycles. The Morgan fingerprint density at radius 3 is 2.56 bits per heavy atom. The predicted molar refractivity (Wildman–Crippen MR) is 40.5 cm³/mol. The first-order valence-corrected chi connectivity index (χ1v) is 3.30. The van der Waals surface area contributed by atoms with Gasteiger partial charge in [0.05, 0.1) is 0 Å². The molecule has 0 saturated carbocycles. The standard InChI is InChI=1S/C7H8FP/c1-5-6(8)3-2-4-7(5)9/h2-4H,9H2,1H3. The number of hydrogen-bond donors (Lipinski definition) is 0. The van der Waals surface area contributed by atoms with E-state index in [9.17, 15) is 4.39 Å². The smallest absolute Gasteiger partial charge is 0.126 e. The fourth-order valence-corrected chi connectivity index (χ4v) is 0.873. The van der Waals surface area contributed by atoms with Crippen LogP contribution in [-0.4, -0.2) is 0 Å². The van der Waals surface area contributed by atoms with E-state index < -0.39 is 0 Å². The first kappa shape index (κ1) is 6.70. The van der Waals surface area contributed by atoms with Crippen LogP contribution in [0, 0.1) is 12.7 Å². The van der Waals surface area contributed by atoms with Crippen molar-refractivity contribution in [3.05, 3.63) is 29.6 Å². The molecule has 0 spiro atoms. The van der Waals surface area contributed by atoms with E-state index in [1.165, 1.54) is 6.07 Å². The molecule has 0 saturated heterocycles.